The van der Waals surface area contributed by atoms with Crippen molar-refractivity contribution in [3.8, 4) is 11.5 Å². The second-order valence-corrected chi connectivity index (χ2v) is 10.1. The molecule has 0 saturated heterocycles. The van der Waals surface area contributed by atoms with Gasteiger partial charge in [0.2, 0.25) is 9.84 Å². The summed E-state index contributed by atoms with van der Waals surface area (Å²) >= 11 is 1.49. The summed E-state index contributed by atoms with van der Waals surface area (Å²) in [7, 11) is -2.24. The summed E-state index contributed by atoms with van der Waals surface area (Å²) in [6.45, 7) is 2.34. The third kappa shape index (κ3) is 6.05. The molecule has 0 amide bonds. The van der Waals surface area contributed by atoms with Gasteiger partial charge in [-0.05, 0) is 72.6 Å². The molecule has 0 atom stereocenters. The Kier molecular flexibility index (Phi) is 7.82. The van der Waals surface area contributed by atoms with Crippen molar-refractivity contribution in [1.29, 1.82) is 0 Å². The van der Waals surface area contributed by atoms with E-state index in [1.54, 1.807) is 37.4 Å². The molecule has 0 bridgehead atoms. The van der Waals surface area contributed by atoms with Crippen LogP contribution in [0.5, 0.6) is 11.5 Å². The first-order valence-electron chi connectivity index (χ1n) is 9.97. The molecule has 6 nitrogen and oxygen atoms in total. The lowest BCUT2D eigenvalue weighted by molar-refractivity contribution is -0.136. The molecule has 0 aliphatic heterocycles. The molecule has 32 heavy (non-hydrogen) atoms. The molecule has 168 valence electrons. The van der Waals surface area contributed by atoms with E-state index in [0.29, 0.717) is 17.9 Å². The van der Waals surface area contributed by atoms with Crippen molar-refractivity contribution in [2.45, 2.75) is 39.3 Å². The number of ether oxygens (including phenoxy) is 2. The molecule has 0 unspecified atom stereocenters. The molecule has 0 aliphatic rings. The van der Waals surface area contributed by atoms with Gasteiger partial charge in [-0.15, -0.1) is 0 Å². The number of carboxylic acids is 1. The number of rotatable bonds is 10. The van der Waals surface area contributed by atoms with Crippen molar-refractivity contribution >= 4 is 27.6 Å². The van der Waals surface area contributed by atoms with Crippen LogP contribution in [0, 0.1) is 0 Å². The van der Waals surface area contributed by atoms with Gasteiger partial charge in [0.05, 0.1) is 29.9 Å². The molecule has 3 aromatic carbocycles. The van der Waals surface area contributed by atoms with Gasteiger partial charge in [0.25, 0.3) is 0 Å². The SMILES string of the molecule is CCCOc1cc(CC(=O)O)cc(S(=O)(=O)c2ccc(Sc3cccc(OC)c3)cc2)c1. The predicted molar refractivity (Wildman–Crippen MR) is 123 cm³/mol. The van der Waals surface area contributed by atoms with E-state index in [9.17, 15) is 13.2 Å². The fourth-order valence-corrected chi connectivity index (χ4v) is 5.20. The molecular weight excluding hydrogens is 448 g/mol. The van der Waals surface area contributed by atoms with Crippen molar-refractivity contribution in [2.75, 3.05) is 13.7 Å². The Hall–Kier alpha value is -2.97. The van der Waals surface area contributed by atoms with Crippen molar-refractivity contribution in [2.24, 2.45) is 0 Å². The third-order valence-electron chi connectivity index (χ3n) is 4.49. The number of sulfone groups is 1. The van der Waals surface area contributed by atoms with Gasteiger partial charge in [-0.3, -0.25) is 4.79 Å². The second kappa shape index (κ2) is 10.6. The average molecular weight is 473 g/mol. The molecule has 0 aliphatic carbocycles. The summed E-state index contributed by atoms with van der Waals surface area (Å²) in [4.78, 5) is 13.1. The zero-order valence-corrected chi connectivity index (χ0v) is 19.4. The van der Waals surface area contributed by atoms with Crippen LogP contribution in [0.15, 0.2) is 86.3 Å². The first-order chi connectivity index (χ1) is 15.3. The quantitative estimate of drug-likeness (QED) is 0.439. The Bertz CT molecular complexity index is 1190. The fraction of sp³-hybridized carbons (Fsp3) is 0.208. The van der Waals surface area contributed by atoms with Crippen molar-refractivity contribution in [1.82, 2.24) is 0 Å². The standard InChI is InChI=1S/C24H24O6S2/c1-3-11-30-19-12-17(14-24(25)26)13-23(16-19)32(27,28)22-9-7-20(8-10-22)31-21-6-4-5-18(15-21)29-2/h4-10,12-13,15-16H,3,11,14H2,1-2H3,(H,25,26). The summed E-state index contributed by atoms with van der Waals surface area (Å²) in [5, 5.41) is 9.13. The molecule has 0 saturated carbocycles. The summed E-state index contributed by atoms with van der Waals surface area (Å²) in [6.07, 6.45) is 0.458. The number of carbonyl (C=O) groups is 1. The topological polar surface area (TPSA) is 89.9 Å². The Morgan fingerprint density at radius 3 is 2.34 bits per heavy atom. The number of aliphatic carboxylic acids is 1. The highest BCUT2D eigenvalue weighted by atomic mass is 32.2. The van der Waals surface area contributed by atoms with Crippen molar-refractivity contribution in [3.63, 3.8) is 0 Å². The third-order valence-corrected chi connectivity index (χ3v) is 7.24. The van der Waals surface area contributed by atoms with Gasteiger partial charge in [-0.1, -0.05) is 24.8 Å². The average Bonchev–Trinajstić information content (AvgIpc) is 2.77. The van der Waals surface area contributed by atoms with Crippen LogP contribution in [0.1, 0.15) is 18.9 Å². The molecule has 3 rings (SSSR count). The van der Waals surface area contributed by atoms with Crippen LogP contribution in [-0.4, -0.2) is 33.2 Å². The number of carboxylic acid groups (broad SMARTS) is 1. The Morgan fingerprint density at radius 1 is 0.938 bits per heavy atom. The van der Waals surface area contributed by atoms with Gasteiger partial charge < -0.3 is 14.6 Å². The van der Waals surface area contributed by atoms with Gasteiger partial charge in [-0.25, -0.2) is 8.42 Å². The molecule has 0 aromatic heterocycles. The van der Waals surface area contributed by atoms with Crippen LogP contribution < -0.4 is 9.47 Å². The minimum atomic E-state index is -3.85. The zero-order valence-electron chi connectivity index (χ0n) is 17.8. The number of hydrogen-bond donors (Lipinski definition) is 1. The summed E-state index contributed by atoms with van der Waals surface area (Å²) in [6, 6.07) is 18.6. The number of hydrogen-bond acceptors (Lipinski definition) is 6. The van der Waals surface area contributed by atoms with Crippen LogP contribution in [0.25, 0.3) is 0 Å². The van der Waals surface area contributed by atoms with Gasteiger partial charge in [0.15, 0.2) is 0 Å². The smallest absolute Gasteiger partial charge is 0.307 e. The van der Waals surface area contributed by atoms with Gasteiger partial charge in [0, 0.05) is 9.79 Å². The van der Waals surface area contributed by atoms with E-state index in [1.165, 1.54) is 23.9 Å². The van der Waals surface area contributed by atoms with Gasteiger partial charge in [0.1, 0.15) is 11.5 Å². The second-order valence-electron chi connectivity index (χ2n) is 6.99. The molecule has 3 aromatic rings. The van der Waals surface area contributed by atoms with E-state index in [-0.39, 0.29) is 16.2 Å². The van der Waals surface area contributed by atoms with Gasteiger partial charge in [-0.2, -0.15) is 0 Å². The maximum Gasteiger partial charge on any atom is 0.307 e. The largest absolute Gasteiger partial charge is 0.497 e. The zero-order chi connectivity index (χ0) is 23.1. The minimum Gasteiger partial charge on any atom is -0.497 e. The lowest BCUT2D eigenvalue weighted by atomic mass is 10.1. The molecule has 0 spiro atoms. The Balaban J connectivity index is 1.88. The lowest BCUT2D eigenvalue weighted by Gasteiger charge is -2.11. The maximum atomic E-state index is 13.2. The van der Waals surface area contributed by atoms with E-state index in [2.05, 4.69) is 0 Å². The van der Waals surface area contributed by atoms with Crippen LogP contribution in [-0.2, 0) is 21.1 Å². The van der Waals surface area contributed by atoms with Crippen LogP contribution in [0.2, 0.25) is 0 Å². The molecule has 8 heteroatoms. The first kappa shape index (κ1) is 23.7. The van der Waals surface area contributed by atoms with Crippen LogP contribution in [0.4, 0.5) is 0 Å². The number of benzene rings is 3. The van der Waals surface area contributed by atoms with Gasteiger partial charge >= 0.3 is 5.97 Å². The highest BCUT2D eigenvalue weighted by Gasteiger charge is 2.20. The summed E-state index contributed by atoms with van der Waals surface area (Å²) in [5.41, 5.74) is 0.370. The fourth-order valence-electron chi connectivity index (χ4n) is 2.99. The van der Waals surface area contributed by atoms with E-state index in [0.717, 1.165) is 22.0 Å². The molecule has 0 radical (unpaired) electrons. The number of methoxy groups -OCH3 is 1. The van der Waals surface area contributed by atoms with Crippen molar-refractivity contribution in [3.05, 3.63) is 72.3 Å². The molecule has 0 fully saturated rings. The highest BCUT2D eigenvalue weighted by Crippen LogP contribution is 2.32. The van der Waals surface area contributed by atoms with Crippen molar-refractivity contribution < 1.29 is 27.8 Å². The summed E-state index contributed by atoms with van der Waals surface area (Å²) < 4.78 is 37.3. The molecule has 0 heterocycles. The van der Waals surface area contributed by atoms with Crippen LogP contribution in [0.3, 0.4) is 0 Å². The minimum absolute atomic E-state index is 0.00977. The lowest BCUT2D eigenvalue weighted by Crippen LogP contribution is -2.07. The summed E-state index contributed by atoms with van der Waals surface area (Å²) in [5.74, 6) is 0.0471. The van der Waals surface area contributed by atoms with E-state index < -0.39 is 15.8 Å². The molecule has 1 N–H and O–H groups in total. The highest BCUT2D eigenvalue weighted by molar-refractivity contribution is 7.99. The normalized spacial score (nSPS) is 11.2. The molecular formula is C24H24O6S2. The Labute approximate surface area is 192 Å². The van der Waals surface area contributed by atoms with E-state index in [1.807, 2.05) is 31.2 Å². The predicted octanol–water partition coefficient (Wildman–Crippen LogP) is 5.10. The van der Waals surface area contributed by atoms with Crippen LogP contribution >= 0.6 is 11.8 Å². The monoisotopic (exact) mass is 472 g/mol. The van der Waals surface area contributed by atoms with E-state index >= 15 is 0 Å². The maximum absolute atomic E-state index is 13.2. The Morgan fingerprint density at radius 2 is 1.69 bits per heavy atom. The van der Waals surface area contributed by atoms with E-state index in [4.69, 9.17) is 14.6 Å². The first-order valence-corrected chi connectivity index (χ1v) is 12.3.